The van der Waals surface area contributed by atoms with E-state index in [0.717, 1.165) is 13.0 Å². The first-order chi connectivity index (χ1) is 4.43. The molecular formula is C8H13NY-2. The topological polar surface area (TPSA) is 12.0 Å². The zero-order chi connectivity index (χ0) is 6.53. The Labute approximate surface area is 88.5 Å². The minimum Gasteiger partial charge on any atom is -0.518 e. The van der Waals surface area contributed by atoms with E-state index in [-0.39, 0.29) is 32.7 Å². The van der Waals surface area contributed by atoms with E-state index in [1.54, 1.807) is 6.08 Å². The van der Waals surface area contributed by atoms with Gasteiger partial charge in [-0.3, -0.25) is 12.6 Å². The molecule has 1 heterocycles. The van der Waals surface area contributed by atoms with Gasteiger partial charge in [-0.05, 0) is 13.0 Å². The van der Waals surface area contributed by atoms with Crippen molar-refractivity contribution < 1.29 is 32.7 Å². The Kier molecular flexibility index (Phi) is 7.03. The molecule has 1 radical (unpaired) electrons. The standard InChI is InChI=1S/C8H13N.Y/c1-2-4-8-5-3-6-9-7-8;/h1-2,7-9H,3-6H2;/q-2;. The van der Waals surface area contributed by atoms with Crippen LogP contribution in [0.15, 0.2) is 6.08 Å². The van der Waals surface area contributed by atoms with Crippen molar-refractivity contribution in [1.29, 1.82) is 0 Å². The molecule has 1 saturated heterocycles. The van der Waals surface area contributed by atoms with Crippen LogP contribution in [0.1, 0.15) is 19.3 Å². The van der Waals surface area contributed by atoms with Gasteiger partial charge in [-0.1, -0.05) is 12.8 Å². The maximum Gasteiger partial charge on any atom is 0 e. The first-order valence-corrected chi connectivity index (χ1v) is 3.53. The second-order valence-electron chi connectivity index (χ2n) is 2.49. The molecule has 0 aromatic carbocycles. The van der Waals surface area contributed by atoms with Gasteiger partial charge in [-0.25, -0.2) is 0 Å². The summed E-state index contributed by atoms with van der Waals surface area (Å²) in [7, 11) is 0. The number of nitrogens with one attached hydrogen (secondary N) is 1. The van der Waals surface area contributed by atoms with Crippen molar-refractivity contribution in [2.75, 3.05) is 6.54 Å². The fourth-order valence-corrected chi connectivity index (χ4v) is 1.16. The van der Waals surface area contributed by atoms with Gasteiger partial charge in [0, 0.05) is 32.7 Å². The van der Waals surface area contributed by atoms with E-state index in [1.165, 1.54) is 12.8 Å². The summed E-state index contributed by atoms with van der Waals surface area (Å²) in [4.78, 5) is 0. The van der Waals surface area contributed by atoms with E-state index < -0.39 is 0 Å². The van der Waals surface area contributed by atoms with Crippen molar-refractivity contribution in [3.05, 3.63) is 19.2 Å². The zero-order valence-corrected chi connectivity index (χ0v) is 9.05. The quantitative estimate of drug-likeness (QED) is 0.684. The maximum atomic E-state index is 5.29. The largest absolute Gasteiger partial charge is 0.518 e. The van der Waals surface area contributed by atoms with Gasteiger partial charge in [-0.15, -0.1) is 0 Å². The smallest absolute Gasteiger partial charge is 0 e. The molecule has 0 bridgehead atoms. The van der Waals surface area contributed by atoms with Gasteiger partial charge in [-0.2, -0.15) is 5.92 Å². The maximum absolute atomic E-state index is 5.29. The second kappa shape index (κ2) is 6.51. The molecule has 1 N–H and O–H groups in total. The van der Waals surface area contributed by atoms with Crippen LogP contribution in [0.3, 0.4) is 0 Å². The van der Waals surface area contributed by atoms with Gasteiger partial charge >= 0.3 is 0 Å². The molecule has 1 fully saturated rings. The molecule has 0 spiro atoms. The van der Waals surface area contributed by atoms with Crippen LogP contribution in [0.2, 0.25) is 0 Å². The third-order valence-corrected chi connectivity index (χ3v) is 1.69. The Morgan fingerprint density at radius 1 is 1.70 bits per heavy atom. The Morgan fingerprint density at radius 3 is 3.00 bits per heavy atom. The molecule has 1 atom stereocenters. The first-order valence-electron chi connectivity index (χ1n) is 3.53. The summed E-state index contributed by atoms with van der Waals surface area (Å²) in [5.74, 6) is 0.684. The third kappa shape index (κ3) is 3.85. The fraction of sp³-hybridized carbons (Fsp3) is 0.625. The fourth-order valence-electron chi connectivity index (χ4n) is 1.16. The van der Waals surface area contributed by atoms with Crippen molar-refractivity contribution in [3.8, 4) is 0 Å². The van der Waals surface area contributed by atoms with Crippen molar-refractivity contribution >= 4 is 0 Å². The van der Waals surface area contributed by atoms with E-state index >= 15 is 0 Å². The molecule has 0 aromatic rings. The predicted octanol–water partition coefficient (Wildman–Crippen LogP) is 1.52. The number of piperidine rings is 1. The third-order valence-electron chi connectivity index (χ3n) is 1.69. The Balaban J connectivity index is 0.000000810. The van der Waals surface area contributed by atoms with Crippen molar-refractivity contribution in [3.63, 3.8) is 0 Å². The summed E-state index contributed by atoms with van der Waals surface area (Å²) in [6.07, 6.45) is 5.34. The molecule has 0 saturated carbocycles. The molecule has 2 heteroatoms. The van der Waals surface area contributed by atoms with Gasteiger partial charge in [0.05, 0.1) is 0 Å². The van der Waals surface area contributed by atoms with Gasteiger partial charge in [0.1, 0.15) is 0 Å². The molecule has 1 aliphatic heterocycles. The molecule has 1 aliphatic rings. The van der Waals surface area contributed by atoms with E-state index in [2.05, 4.69) is 11.9 Å². The number of hydrogen-bond acceptors (Lipinski definition) is 1. The predicted molar refractivity (Wildman–Crippen MR) is 38.5 cm³/mol. The number of allylic oxidation sites excluding steroid dienone is 1. The summed E-state index contributed by atoms with van der Waals surface area (Å²) < 4.78 is 0. The van der Waals surface area contributed by atoms with E-state index in [1.807, 2.05) is 0 Å². The monoisotopic (exact) mass is 212 g/mol. The second-order valence-corrected chi connectivity index (χ2v) is 2.49. The van der Waals surface area contributed by atoms with Crippen LogP contribution in [0, 0.1) is 19.0 Å². The number of hydrogen-bond donors (Lipinski definition) is 1. The summed E-state index contributed by atoms with van der Waals surface area (Å²) >= 11 is 0. The van der Waals surface area contributed by atoms with Crippen LogP contribution in [-0.2, 0) is 32.7 Å². The average molecular weight is 212 g/mol. The summed E-state index contributed by atoms with van der Waals surface area (Å²) in [6, 6.07) is 0. The van der Waals surface area contributed by atoms with Crippen LogP contribution in [0.25, 0.3) is 0 Å². The molecule has 1 unspecified atom stereocenters. The van der Waals surface area contributed by atoms with Crippen molar-refractivity contribution in [2.24, 2.45) is 5.92 Å². The van der Waals surface area contributed by atoms with E-state index in [9.17, 15) is 0 Å². The molecule has 1 rings (SSSR count). The zero-order valence-electron chi connectivity index (χ0n) is 6.22. The molecule has 0 aromatic heterocycles. The minimum atomic E-state index is 0. The number of rotatable bonds is 2. The molecule has 0 amide bonds. The van der Waals surface area contributed by atoms with Crippen LogP contribution in [0.4, 0.5) is 0 Å². The van der Waals surface area contributed by atoms with Gasteiger partial charge in [0.15, 0.2) is 0 Å². The molecule has 1 nitrogen and oxygen atoms in total. The molecule has 55 valence electrons. The van der Waals surface area contributed by atoms with Crippen molar-refractivity contribution in [1.82, 2.24) is 5.32 Å². The average Bonchev–Trinajstić information content (AvgIpc) is 1.91. The van der Waals surface area contributed by atoms with E-state index in [4.69, 9.17) is 6.58 Å². The molecule has 0 aliphatic carbocycles. The summed E-state index contributed by atoms with van der Waals surface area (Å²) in [6.45, 7) is 8.59. The normalized spacial score (nSPS) is 25.0. The van der Waals surface area contributed by atoms with Crippen LogP contribution < -0.4 is 5.32 Å². The van der Waals surface area contributed by atoms with Gasteiger partial charge < -0.3 is 11.9 Å². The Hall–Kier alpha value is 0.804. The molecular weight excluding hydrogens is 199 g/mol. The van der Waals surface area contributed by atoms with Crippen LogP contribution in [0.5, 0.6) is 0 Å². The van der Waals surface area contributed by atoms with Crippen LogP contribution >= 0.6 is 0 Å². The van der Waals surface area contributed by atoms with Crippen molar-refractivity contribution in [2.45, 2.75) is 19.3 Å². The van der Waals surface area contributed by atoms with Gasteiger partial charge in [0.25, 0.3) is 0 Å². The molecule has 10 heavy (non-hydrogen) atoms. The Bertz CT molecular complexity index is 87.3. The first kappa shape index (κ1) is 10.8. The van der Waals surface area contributed by atoms with Gasteiger partial charge in [0.2, 0.25) is 0 Å². The SMILES string of the molecule is [CH-]=CCC1[CH-]NCCC1.[Y]. The summed E-state index contributed by atoms with van der Waals surface area (Å²) in [5.41, 5.74) is 0. The van der Waals surface area contributed by atoms with Crippen LogP contribution in [-0.4, -0.2) is 6.54 Å². The minimum absolute atomic E-state index is 0. The Morgan fingerprint density at radius 2 is 2.50 bits per heavy atom. The summed E-state index contributed by atoms with van der Waals surface area (Å²) in [5, 5.41) is 3.22. The van der Waals surface area contributed by atoms with E-state index in [0.29, 0.717) is 5.92 Å².